The topological polar surface area (TPSA) is 91.8 Å². The Morgan fingerprint density at radius 1 is 1.30 bits per heavy atom. The normalized spacial score (nSPS) is 20.3. The number of hydrogen-bond acceptors (Lipinski definition) is 4. The van der Waals surface area contributed by atoms with Crippen LogP contribution in [0.4, 0.5) is 0 Å². The Morgan fingerprint density at radius 2 is 2.04 bits per heavy atom. The molecule has 1 heterocycles. The van der Waals surface area contributed by atoms with Crippen molar-refractivity contribution in [3.05, 3.63) is 0 Å². The Kier molecular flexibility index (Phi) is 8.28. The lowest BCUT2D eigenvalue weighted by Gasteiger charge is -2.24. The number of nitrogens with zero attached hydrogens (tertiary/aromatic N) is 1. The van der Waals surface area contributed by atoms with Crippen LogP contribution in [0.3, 0.4) is 0 Å². The predicted octanol–water partition coefficient (Wildman–Crippen LogP) is 0.829. The largest absolute Gasteiger partial charge is 0.377 e. The van der Waals surface area contributed by atoms with Gasteiger partial charge in [0.05, 0.1) is 18.4 Å². The molecule has 0 bridgehead atoms. The highest BCUT2D eigenvalue weighted by Gasteiger charge is 2.18. The molecule has 0 aliphatic carbocycles. The van der Waals surface area contributed by atoms with Crippen LogP contribution in [0.25, 0.3) is 0 Å². The summed E-state index contributed by atoms with van der Waals surface area (Å²) in [5, 5.41) is 6.34. The molecule has 1 aliphatic heterocycles. The second-order valence-electron chi connectivity index (χ2n) is 6.79. The van der Waals surface area contributed by atoms with Crippen molar-refractivity contribution in [1.82, 2.24) is 15.4 Å². The zero-order chi connectivity index (χ0) is 17.3. The average Bonchev–Trinajstić information content (AvgIpc) is 2.45. The molecule has 0 spiro atoms. The molecule has 0 aromatic carbocycles. The monoisotopic (exact) mass is 348 g/mol. The van der Waals surface area contributed by atoms with Gasteiger partial charge < -0.3 is 15.4 Å². The molecule has 3 N–H and O–H groups in total. The Morgan fingerprint density at radius 3 is 2.61 bits per heavy atom. The summed E-state index contributed by atoms with van der Waals surface area (Å²) >= 11 is 0. The van der Waals surface area contributed by atoms with Crippen LogP contribution in [0, 0.1) is 0 Å². The lowest BCUT2D eigenvalue weighted by atomic mass is 10.1. The highest BCUT2D eigenvalue weighted by molar-refractivity contribution is 7.89. The fraction of sp³-hybridized carbons (Fsp3) is 0.933. The van der Waals surface area contributed by atoms with E-state index in [9.17, 15) is 8.42 Å². The van der Waals surface area contributed by atoms with Crippen LogP contribution in [-0.2, 0) is 14.8 Å². The number of nitrogens with one attached hydrogen (secondary N) is 3. The van der Waals surface area contributed by atoms with Crippen molar-refractivity contribution in [1.29, 1.82) is 0 Å². The smallest absolute Gasteiger partial charge is 0.213 e. The van der Waals surface area contributed by atoms with Gasteiger partial charge in [-0.15, -0.1) is 0 Å². The van der Waals surface area contributed by atoms with Gasteiger partial charge in [-0.05, 0) is 47.0 Å². The minimum Gasteiger partial charge on any atom is -0.377 e. The molecular formula is C15H32N4O3S. The molecule has 7 nitrogen and oxygen atoms in total. The zero-order valence-corrected chi connectivity index (χ0v) is 15.6. The highest BCUT2D eigenvalue weighted by atomic mass is 32.2. The zero-order valence-electron chi connectivity index (χ0n) is 14.8. The predicted molar refractivity (Wildman–Crippen MR) is 94.2 cm³/mol. The Hall–Kier alpha value is -0.860. The maximum Gasteiger partial charge on any atom is 0.213 e. The average molecular weight is 349 g/mol. The third-order valence-corrected chi connectivity index (χ3v) is 4.60. The maximum atomic E-state index is 12.0. The van der Waals surface area contributed by atoms with E-state index in [1.807, 2.05) is 27.7 Å². The van der Waals surface area contributed by atoms with Gasteiger partial charge in [-0.25, -0.2) is 13.1 Å². The second-order valence-corrected chi connectivity index (χ2v) is 8.72. The summed E-state index contributed by atoms with van der Waals surface area (Å²) in [4.78, 5) is 4.32. The summed E-state index contributed by atoms with van der Waals surface area (Å²) in [6.07, 6.45) is 3.08. The minimum atomic E-state index is -3.33. The number of hydrogen-bond donors (Lipinski definition) is 3. The van der Waals surface area contributed by atoms with Gasteiger partial charge in [-0.3, -0.25) is 4.99 Å². The van der Waals surface area contributed by atoms with Gasteiger partial charge in [-0.1, -0.05) is 0 Å². The van der Waals surface area contributed by atoms with E-state index in [1.54, 1.807) is 0 Å². The number of sulfonamides is 1. The van der Waals surface area contributed by atoms with Crippen molar-refractivity contribution >= 4 is 16.0 Å². The van der Waals surface area contributed by atoms with Gasteiger partial charge in [0.1, 0.15) is 0 Å². The van der Waals surface area contributed by atoms with Crippen LogP contribution in [0.1, 0.15) is 47.0 Å². The summed E-state index contributed by atoms with van der Waals surface area (Å²) < 4.78 is 32.2. The number of guanidine groups is 1. The quantitative estimate of drug-likeness (QED) is 0.468. The van der Waals surface area contributed by atoms with Gasteiger partial charge >= 0.3 is 0 Å². The van der Waals surface area contributed by atoms with E-state index in [-0.39, 0.29) is 23.9 Å². The molecule has 136 valence electrons. The summed E-state index contributed by atoms with van der Waals surface area (Å²) in [5.74, 6) is 0.603. The maximum absolute atomic E-state index is 12.0. The third kappa shape index (κ3) is 9.78. The van der Waals surface area contributed by atoms with Gasteiger partial charge in [0.2, 0.25) is 10.0 Å². The molecular weight excluding hydrogens is 316 g/mol. The van der Waals surface area contributed by atoms with Crippen LogP contribution >= 0.6 is 0 Å². The number of aliphatic imine (C=N–C) groups is 1. The number of ether oxygens (including phenoxy) is 1. The molecule has 8 heteroatoms. The summed E-state index contributed by atoms with van der Waals surface area (Å²) in [6.45, 7) is 10.1. The lowest BCUT2D eigenvalue weighted by Crippen LogP contribution is -2.47. The first-order valence-electron chi connectivity index (χ1n) is 8.37. The fourth-order valence-corrected chi connectivity index (χ4v) is 3.12. The van der Waals surface area contributed by atoms with Crippen LogP contribution < -0.4 is 15.4 Å². The molecule has 1 aliphatic rings. The van der Waals surface area contributed by atoms with E-state index in [4.69, 9.17) is 4.74 Å². The van der Waals surface area contributed by atoms with E-state index in [0.29, 0.717) is 12.5 Å². The minimum absolute atomic E-state index is 0.00176. The van der Waals surface area contributed by atoms with Crippen molar-refractivity contribution in [2.45, 2.75) is 58.6 Å². The molecule has 0 saturated carbocycles. The van der Waals surface area contributed by atoms with E-state index in [1.165, 1.54) is 0 Å². The second kappa shape index (κ2) is 9.44. The van der Waals surface area contributed by atoms with Crippen LogP contribution in [0.2, 0.25) is 0 Å². The van der Waals surface area contributed by atoms with E-state index in [0.717, 1.165) is 32.4 Å². The number of rotatable bonds is 7. The van der Waals surface area contributed by atoms with Crippen molar-refractivity contribution < 1.29 is 13.2 Å². The van der Waals surface area contributed by atoms with Crippen LogP contribution in [-0.4, -0.2) is 58.0 Å². The van der Waals surface area contributed by atoms with Crippen LogP contribution in [0.15, 0.2) is 4.99 Å². The van der Waals surface area contributed by atoms with E-state index < -0.39 is 10.0 Å². The molecule has 1 saturated heterocycles. The van der Waals surface area contributed by atoms with Crippen molar-refractivity contribution in [3.63, 3.8) is 0 Å². The van der Waals surface area contributed by atoms with E-state index >= 15 is 0 Å². The first-order chi connectivity index (χ1) is 10.7. The Labute approximate surface area is 140 Å². The van der Waals surface area contributed by atoms with Gasteiger partial charge in [0, 0.05) is 25.2 Å². The van der Waals surface area contributed by atoms with E-state index in [2.05, 4.69) is 20.3 Å². The molecule has 1 unspecified atom stereocenters. The molecule has 0 aromatic heterocycles. The standard InChI is InChI=1S/C15H32N4O3S/c1-5-16-14(19-15(2,3)4)17-9-11-23(20,21)18-12-13-8-6-7-10-22-13/h13,18H,5-12H2,1-4H3,(H2,16,17,19). The Bertz CT molecular complexity index is 466. The molecule has 0 aromatic rings. The van der Waals surface area contributed by atoms with Crippen molar-refractivity contribution in [2.75, 3.05) is 32.0 Å². The summed E-state index contributed by atoms with van der Waals surface area (Å²) in [6, 6.07) is 0. The van der Waals surface area contributed by atoms with Gasteiger partial charge in [0.15, 0.2) is 5.96 Å². The summed E-state index contributed by atoms with van der Waals surface area (Å²) in [7, 11) is -3.33. The van der Waals surface area contributed by atoms with Crippen molar-refractivity contribution in [2.24, 2.45) is 4.99 Å². The van der Waals surface area contributed by atoms with Gasteiger partial charge in [0.25, 0.3) is 0 Å². The SMILES string of the molecule is CCNC(=NCCS(=O)(=O)NCC1CCCCO1)NC(C)(C)C. The van der Waals surface area contributed by atoms with Gasteiger partial charge in [-0.2, -0.15) is 0 Å². The molecule has 1 atom stereocenters. The molecule has 23 heavy (non-hydrogen) atoms. The highest BCUT2D eigenvalue weighted by Crippen LogP contribution is 2.11. The molecule has 1 rings (SSSR count). The van der Waals surface area contributed by atoms with Crippen LogP contribution in [0.5, 0.6) is 0 Å². The van der Waals surface area contributed by atoms with Crippen molar-refractivity contribution in [3.8, 4) is 0 Å². The first-order valence-corrected chi connectivity index (χ1v) is 10.0. The molecule has 0 radical (unpaired) electrons. The lowest BCUT2D eigenvalue weighted by molar-refractivity contribution is 0.0200. The first kappa shape index (κ1) is 20.2. The third-order valence-electron chi connectivity index (χ3n) is 3.27. The Balaban J connectivity index is 2.41. The molecule has 1 fully saturated rings. The summed E-state index contributed by atoms with van der Waals surface area (Å²) in [5.41, 5.74) is -0.129. The fourth-order valence-electron chi connectivity index (χ4n) is 2.20. The molecule has 0 amide bonds.